The van der Waals surface area contributed by atoms with Gasteiger partial charge in [0.05, 0.1) is 6.61 Å². The zero-order valence-corrected chi connectivity index (χ0v) is 10.6. The lowest BCUT2D eigenvalue weighted by Crippen LogP contribution is -2.24. The Morgan fingerprint density at radius 1 is 1.06 bits per heavy atom. The van der Waals surface area contributed by atoms with Gasteiger partial charge in [0, 0.05) is 25.8 Å². The van der Waals surface area contributed by atoms with Gasteiger partial charge in [-0.25, -0.2) is 8.78 Å². The summed E-state index contributed by atoms with van der Waals surface area (Å²) in [6, 6.07) is 3.91. The molecule has 102 valence electrons. The van der Waals surface area contributed by atoms with Crippen molar-refractivity contribution in [3.63, 3.8) is 0 Å². The topological polar surface area (TPSA) is 33.3 Å². The highest BCUT2D eigenvalue weighted by Gasteiger charge is 2.06. The van der Waals surface area contributed by atoms with Crippen molar-refractivity contribution in [2.45, 2.75) is 13.0 Å². The van der Waals surface area contributed by atoms with Gasteiger partial charge >= 0.3 is 0 Å². The van der Waals surface area contributed by atoms with Crippen LogP contribution in [0, 0.1) is 11.6 Å². The number of ether oxygens (including phenoxy) is 1. The maximum absolute atomic E-state index is 13.3. The van der Waals surface area contributed by atoms with E-state index < -0.39 is 11.6 Å². The Labute approximate surface area is 107 Å². The number of halogens is 2. The van der Waals surface area contributed by atoms with Crippen molar-refractivity contribution in [1.82, 2.24) is 10.6 Å². The van der Waals surface area contributed by atoms with Gasteiger partial charge in [-0.3, -0.25) is 0 Å². The number of rotatable bonds is 9. The lowest BCUT2D eigenvalue weighted by molar-refractivity contribution is 0.199. The molecule has 0 bridgehead atoms. The minimum atomic E-state index is -0.499. The third-order valence-electron chi connectivity index (χ3n) is 2.55. The van der Waals surface area contributed by atoms with Crippen molar-refractivity contribution in [1.29, 1.82) is 0 Å². The highest BCUT2D eigenvalue weighted by atomic mass is 19.1. The van der Waals surface area contributed by atoms with Gasteiger partial charge in [0.25, 0.3) is 0 Å². The fraction of sp³-hybridized carbons (Fsp3) is 0.538. The summed E-state index contributed by atoms with van der Waals surface area (Å²) >= 11 is 0. The Hall–Kier alpha value is -1.04. The molecule has 0 saturated heterocycles. The lowest BCUT2D eigenvalue weighted by Gasteiger charge is -2.07. The summed E-state index contributed by atoms with van der Waals surface area (Å²) < 4.78 is 31.4. The van der Waals surface area contributed by atoms with E-state index in [1.165, 1.54) is 18.2 Å². The van der Waals surface area contributed by atoms with Crippen LogP contribution in [0.2, 0.25) is 0 Å². The molecule has 0 saturated carbocycles. The second-order valence-electron chi connectivity index (χ2n) is 3.97. The van der Waals surface area contributed by atoms with E-state index in [1.54, 1.807) is 7.11 Å². The average molecular weight is 258 g/mol. The van der Waals surface area contributed by atoms with Gasteiger partial charge in [0.1, 0.15) is 11.6 Å². The number of methoxy groups -OCH3 is 1. The van der Waals surface area contributed by atoms with Gasteiger partial charge in [0.2, 0.25) is 0 Å². The van der Waals surface area contributed by atoms with E-state index in [1.807, 2.05) is 0 Å². The van der Waals surface area contributed by atoms with Crippen molar-refractivity contribution in [2.75, 3.05) is 33.4 Å². The van der Waals surface area contributed by atoms with Gasteiger partial charge in [-0.05, 0) is 31.6 Å². The average Bonchev–Trinajstić information content (AvgIpc) is 2.35. The molecule has 0 fully saturated rings. The van der Waals surface area contributed by atoms with Crippen LogP contribution >= 0.6 is 0 Å². The summed E-state index contributed by atoms with van der Waals surface area (Å²) in [5.74, 6) is -0.999. The molecule has 0 unspecified atom stereocenters. The van der Waals surface area contributed by atoms with Crippen LogP contribution in [0.3, 0.4) is 0 Å². The Morgan fingerprint density at radius 3 is 2.39 bits per heavy atom. The molecule has 1 rings (SSSR count). The molecule has 18 heavy (non-hydrogen) atoms. The predicted octanol–water partition coefficient (Wildman–Crippen LogP) is 1.68. The zero-order valence-electron chi connectivity index (χ0n) is 10.6. The molecule has 1 aromatic carbocycles. The van der Waals surface area contributed by atoms with Crippen LogP contribution in [0.5, 0.6) is 0 Å². The minimum absolute atomic E-state index is 0.102. The quantitative estimate of drug-likeness (QED) is 0.661. The minimum Gasteiger partial charge on any atom is -0.383 e. The molecular formula is C13H20F2N2O. The molecule has 5 heteroatoms. The van der Waals surface area contributed by atoms with Crippen LogP contribution in [-0.2, 0) is 11.3 Å². The fourth-order valence-corrected chi connectivity index (χ4v) is 1.55. The van der Waals surface area contributed by atoms with E-state index in [4.69, 9.17) is 4.74 Å². The molecule has 0 aliphatic heterocycles. The largest absolute Gasteiger partial charge is 0.383 e. The van der Waals surface area contributed by atoms with Crippen LogP contribution in [0.1, 0.15) is 12.0 Å². The Morgan fingerprint density at radius 2 is 1.72 bits per heavy atom. The summed E-state index contributed by atoms with van der Waals surface area (Å²) in [6.45, 7) is 3.30. The second kappa shape index (κ2) is 8.97. The highest BCUT2D eigenvalue weighted by Crippen LogP contribution is 2.11. The molecule has 1 aromatic rings. The first kappa shape index (κ1) is 15.0. The molecule has 3 nitrogen and oxygen atoms in total. The normalized spacial score (nSPS) is 10.8. The van der Waals surface area contributed by atoms with Crippen LogP contribution in [0.25, 0.3) is 0 Å². The summed E-state index contributed by atoms with van der Waals surface area (Å²) in [7, 11) is 1.66. The molecule has 0 amide bonds. The summed E-state index contributed by atoms with van der Waals surface area (Å²) in [5.41, 5.74) is 0.102. The van der Waals surface area contributed by atoms with Crippen LogP contribution < -0.4 is 10.6 Å². The second-order valence-corrected chi connectivity index (χ2v) is 3.97. The molecule has 0 aliphatic carbocycles. The third-order valence-corrected chi connectivity index (χ3v) is 2.55. The molecule has 0 aliphatic rings. The monoisotopic (exact) mass is 258 g/mol. The first-order chi connectivity index (χ1) is 8.75. The summed E-state index contributed by atoms with van der Waals surface area (Å²) in [5, 5.41) is 6.22. The van der Waals surface area contributed by atoms with Crippen molar-refractivity contribution >= 4 is 0 Å². The SMILES string of the molecule is COCCNCCCNCc1c(F)cccc1F. The molecule has 0 atom stereocenters. The van der Waals surface area contributed by atoms with Crippen molar-refractivity contribution in [2.24, 2.45) is 0 Å². The van der Waals surface area contributed by atoms with Crippen LogP contribution in [0.15, 0.2) is 18.2 Å². The first-order valence-corrected chi connectivity index (χ1v) is 6.09. The van der Waals surface area contributed by atoms with Crippen molar-refractivity contribution in [3.8, 4) is 0 Å². The standard InChI is InChI=1S/C13H20F2N2O/c1-18-9-8-16-6-3-7-17-10-11-12(14)4-2-5-13(11)15/h2,4-5,16-17H,3,6-10H2,1H3. The van der Waals surface area contributed by atoms with E-state index in [9.17, 15) is 8.78 Å². The number of hydrogen-bond acceptors (Lipinski definition) is 3. The maximum Gasteiger partial charge on any atom is 0.130 e. The van der Waals surface area contributed by atoms with Crippen molar-refractivity contribution in [3.05, 3.63) is 35.4 Å². The molecular weight excluding hydrogens is 238 g/mol. The fourth-order valence-electron chi connectivity index (χ4n) is 1.55. The molecule has 0 aromatic heterocycles. The third kappa shape index (κ3) is 5.53. The van der Waals surface area contributed by atoms with Gasteiger partial charge in [-0.2, -0.15) is 0 Å². The predicted molar refractivity (Wildman–Crippen MR) is 67.4 cm³/mol. The molecule has 0 spiro atoms. The first-order valence-electron chi connectivity index (χ1n) is 6.09. The van der Waals surface area contributed by atoms with Gasteiger partial charge in [-0.15, -0.1) is 0 Å². The number of benzene rings is 1. The van der Waals surface area contributed by atoms with Crippen LogP contribution in [0.4, 0.5) is 8.78 Å². The van der Waals surface area contributed by atoms with E-state index >= 15 is 0 Å². The van der Waals surface area contributed by atoms with Gasteiger partial charge in [-0.1, -0.05) is 6.07 Å². The van der Waals surface area contributed by atoms with Gasteiger partial charge < -0.3 is 15.4 Å². The zero-order chi connectivity index (χ0) is 13.2. The van der Waals surface area contributed by atoms with E-state index in [0.717, 1.165) is 19.5 Å². The molecule has 0 heterocycles. The number of hydrogen-bond donors (Lipinski definition) is 2. The van der Waals surface area contributed by atoms with E-state index in [0.29, 0.717) is 13.2 Å². The van der Waals surface area contributed by atoms with E-state index in [2.05, 4.69) is 10.6 Å². The Kier molecular flexibility index (Phi) is 7.48. The summed E-state index contributed by atoms with van der Waals surface area (Å²) in [6.07, 6.45) is 0.903. The van der Waals surface area contributed by atoms with Gasteiger partial charge in [0.15, 0.2) is 0 Å². The van der Waals surface area contributed by atoms with Crippen LogP contribution in [-0.4, -0.2) is 33.4 Å². The Bertz CT molecular complexity index is 328. The lowest BCUT2D eigenvalue weighted by atomic mass is 10.2. The molecule has 0 radical (unpaired) electrons. The summed E-state index contributed by atoms with van der Waals surface area (Å²) in [4.78, 5) is 0. The smallest absolute Gasteiger partial charge is 0.130 e. The van der Waals surface area contributed by atoms with E-state index in [-0.39, 0.29) is 12.1 Å². The Balaban J connectivity index is 2.11. The number of nitrogens with one attached hydrogen (secondary N) is 2. The van der Waals surface area contributed by atoms with Crippen molar-refractivity contribution < 1.29 is 13.5 Å². The molecule has 2 N–H and O–H groups in total. The highest BCUT2D eigenvalue weighted by molar-refractivity contribution is 5.19. The maximum atomic E-state index is 13.3.